The number of benzene rings is 1. The molecule has 0 bridgehead atoms. The molecule has 0 heterocycles. The maximum atomic E-state index is 14.0. The van der Waals surface area contributed by atoms with E-state index < -0.39 is 15.8 Å². The van der Waals surface area contributed by atoms with Crippen LogP contribution in [0.4, 0.5) is 4.39 Å². The molecule has 2 N–H and O–H groups in total. The second kappa shape index (κ2) is 6.65. The van der Waals surface area contributed by atoms with Gasteiger partial charge in [-0.2, -0.15) is 4.31 Å². The molecule has 0 fully saturated rings. The Kier molecular flexibility index (Phi) is 5.68. The van der Waals surface area contributed by atoms with E-state index in [1.807, 2.05) is 20.8 Å². The summed E-state index contributed by atoms with van der Waals surface area (Å²) < 4.78 is 40.0. The second-order valence-electron chi connectivity index (χ2n) is 5.47. The Morgan fingerprint density at radius 2 is 1.90 bits per heavy atom. The normalized spacial score (nSPS) is 14.0. The molecule has 1 aromatic carbocycles. The van der Waals surface area contributed by atoms with Crippen LogP contribution < -0.4 is 5.73 Å². The molecule has 0 aliphatic rings. The molecular formula is C14H23FN2O2S. The predicted molar refractivity (Wildman–Crippen MR) is 78.2 cm³/mol. The van der Waals surface area contributed by atoms with Gasteiger partial charge in [-0.05, 0) is 37.0 Å². The van der Waals surface area contributed by atoms with E-state index in [1.54, 1.807) is 0 Å². The highest BCUT2D eigenvalue weighted by molar-refractivity contribution is 7.89. The minimum Gasteiger partial charge on any atom is -0.326 e. The molecule has 0 aliphatic carbocycles. The monoisotopic (exact) mass is 302 g/mol. The van der Waals surface area contributed by atoms with Gasteiger partial charge in [0.05, 0.1) is 0 Å². The van der Waals surface area contributed by atoms with Crippen molar-refractivity contribution in [3.05, 3.63) is 29.6 Å². The van der Waals surface area contributed by atoms with Gasteiger partial charge < -0.3 is 5.73 Å². The molecule has 1 unspecified atom stereocenters. The van der Waals surface area contributed by atoms with E-state index in [9.17, 15) is 12.8 Å². The van der Waals surface area contributed by atoms with Crippen LogP contribution in [0.15, 0.2) is 23.1 Å². The summed E-state index contributed by atoms with van der Waals surface area (Å²) in [6.45, 7) is 6.04. The summed E-state index contributed by atoms with van der Waals surface area (Å²) in [5.74, 6) is -0.385. The average molecular weight is 302 g/mol. The number of halogens is 1. The highest BCUT2D eigenvalue weighted by atomic mass is 32.2. The second-order valence-corrected chi connectivity index (χ2v) is 7.43. The molecule has 0 aromatic heterocycles. The largest absolute Gasteiger partial charge is 0.326 e. The van der Waals surface area contributed by atoms with E-state index in [2.05, 4.69) is 0 Å². The van der Waals surface area contributed by atoms with Crippen molar-refractivity contribution in [3.63, 3.8) is 0 Å². The highest BCUT2D eigenvalue weighted by Gasteiger charge is 2.28. The Labute approximate surface area is 120 Å². The van der Waals surface area contributed by atoms with Crippen LogP contribution in [-0.2, 0) is 16.6 Å². The van der Waals surface area contributed by atoms with Gasteiger partial charge in [0.1, 0.15) is 10.7 Å². The van der Waals surface area contributed by atoms with Gasteiger partial charge in [-0.1, -0.05) is 19.9 Å². The van der Waals surface area contributed by atoms with Gasteiger partial charge in [0.25, 0.3) is 0 Å². The predicted octanol–water partition coefficient (Wildman–Crippen LogP) is 2.34. The zero-order valence-corrected chi connectivity index (χ0v) is 13.2. The number of hydrogen-bond donors (Lipinski definition) is 1. The van der Waals surface area contributed by atoms with Gasteiger partial charge in [-0.25, -0.2) is 12.8 Å². The first-order chi connectivity index (χ1) is 9.20. The van der Waals surface area contributed by atoms with E-state index in [4.69, 9.17) is 5.73 Å². The third-order valence-electron chi connectivity index (χ3n) is 3.32. The fourth-order valence-corrected chi connectivity index (χ4v) is 3.52. The summed E-state index contributed by atoms with van der Waals surface area (Å²) in [6, 6.07) is 3.81. The third kappa shape index (κ3) is 3.77. The number of hydrogen-bond acceptors (Lipinski definition) is 3. The molecule has 0 saturated heterocycles. The van der Waals surface area contributed by atoms with Crippen molar-refractivity contribution in [1.29, 1.82) is 0 Å². The van der Waals surface area contributed by atoms with Crippen LogP contribution in [0.1, 0.15) is 32.8 Å². The minimum absolute atomic E-state index is 0.177. The van der Waals surface area contributed by atoms with Crippen molar-refractivity contribution in [2.24, 2.45) is 11.7 Å². The van der Waals surface area contributed by atoms with Crippen LogP contribution in [0, 0.1) is 11.7 Å². The molecule has 0 aliphatic heterocycles. The lowest BCUT2D eigenvalue weighted by molar-refractivity contribution is 0.336. The molecule has 0 saturated carbocycles. The lowest BCUT2D eigenvalue weighted by Gasteiger charge is -2.25. The number of rotatable bonds is 6. The van der Waals surface area contributed by atoms with Crippen LogP contribution in [0.2, 0.25) is 0 Å². The molecule has 4 nitrogen and oxygen atoms in total. The average Bonchev–Trinajstić information content (AvgIpc) is 2.36. The first-order valence-corrected chi connectivity index (χ1v) is 8.10. The van der Waals surface area contributed by atoms with Crippen molar-refractivity contribution in [3.8, 4) is 0 Å². The Morgan fingerprint density at radius 1 is 1.30 bits per heavy atom. The van der Waals surface area contributed by atoms with Gasteiger partial charge in [-0.3, -0.25) is 0 Å². The molecule has 6 heteroatoms. The summed E-state index contributed by atoms with van der Waals surface area (Å²) in [4.78, 5) is -0.298. The summed E-state index contributed by atoms with van der Waals surface area (Å²) in [7, 11) is -2.34. The van der Waals surface area contributed by atoms with Crippen molar-refractivity contribution in [2.45, 2.75) is 44.7 Å². The van der Waals surface area contributed by atoms with Crippen LogP contribution in [0.5, 0.6) is 0 Å². The summed E-state index contributed by atoms with van der Waals surface area (Å²) in [5.41, 5.74) is 5.98. The van der Waals surface area contributed by atoms with Crippen LogP contribution >= 0.6 is 0 Å². The van der Waals surface area contributed by atoms with Crippen molar-refractivity contribution < 1.29 is 12.8 Å². The van der Waals surface area contributed by atoms with Gasteiger partial charge >= 0.3 is 0 Å². The molecule has 0 amide bonds. The highest BCUT2D eigenvalue weighted by Crippen LogP contribution is 2.23. The minimum atomic E-state index is -3.82. The maximum absolute atomic E-state index is 14.0. The standard InChI is InChI=1S/C14H23FN2O2S/c1-10(2)7-11(3)17(4)20(18,19)14-6-5-12(9-16)8-13(14)15/h5-6,8,10-11H,7,9,16H2,1-4H3. The van der Waals surface area contributed by atoms with E-state index in [0.29, 0.717) is 11.5 Å². The van der Waals surface area contributed by atoms with Gasteiger partial charge in [0, 0.05) is 19.6 Å². The van der Waals surface area contributed by atoms with E-state index >= 15 is 0 Å². The SMILES string of the molecule is CC(C)CC(C)N(C)S(=O)(=O)c1ccc(CN)cc1F. The molecule has 1 atom stereocenters. The Balaban J connectivity index is 3.10. The lowest BCUT2D eigenvalue weighted by atomic mass is 10.1. The lowest BCUT2D eigenvalue weighted by Crippen LogP contribution is -2.36. The molecule has 114 valence electrons. The maximum Gasteiger partial charge on any atom is 0.245 e. The molecule has 0 radical (unpaired) electrons. The van der Waals surface area contributed by atoms with E-state index in [1.165, 1.54) is 29.6 Å². The van der Waals surface area contributed by atoms with Crippen molar-refractivity contribution >= 4 is 10.0 Å². The smallest absolute Gasteiger partial charge is 0.245 e. The van der Waals surface area contributed by atoms with Crippen LogP contribution in [0.3, 0.4) is 0 Å². The zero-order chi connectivity index (χ0) is 15.5. The first kappa shape index (κ1) is 17.1. The number of nitrogens with two attached hydrogens (primary N) is 1. The van der Waals surface area contributed by atoms with Gasteiger partial charge in [0.15, 0.2) is 0 Å². The summed E-state index contributed by atoms with van der Waals surface area (Å²) in [5, 5.41) is 0. The summed E-state index contributed by atoms with van der Waals surface area (Å²) >= 11 is 0. The van der Waals surface area contributed by atoms with Crippen molar-refractivity contribution in [2.75, 3.05) is 7.05 Å². The van der Waals surface area contributed by atoms with Gasteiger partial charge in [0.2, 0.25) is 10.0 Å². The number of nitrogens with zero attached hydrogens (tertiary/aromatic N) is 1. The Morgan fingerprint density at radius 3 is 2.35 bits per heavy atom. The van der Waals surface area contributed by atoms with Crippen LogP contribution in [0.25, 0.3) is 0 Å². The zero-order valence-electron chi connectivity index (χ0n) is 12.4. The fraction of sp³-hybridized carbons (Fsp3) is 0.571. The van der Waals surface area contributed by atoms with Crippen molar-refractivity contribution in [1.82, 2.24) is 4.31 Å². The Hall–Kier alpha value is -0.980. The number of sulfonamides is 1. The van der Waals surface area contributed by atoms with E-state index in [0.717, 1.165) is 6.42 Å². The van der Waals surface area contributed by atoms with E-state index in [-0.39, 0.29) is 17.5 Å². The molecule has 1 aromatic rings. The quantitative estimate of drug-likeness (QED) is 0.877. The third-order valence-corrected chi connectivity index (χ3v) is 5.33. The fourth-order valence-electron chi connectivity index (χ4n) is 2.10. The summed E-state index contributed by atoms with van der Waals surface area (Å²) in [6.07, 6.45) is 0.720. The first-order valence-electron chi connectivity index (χ1n) is 6.66. The molecule has 20 heavy (non-hydrogen) atoms. The molecule has 0 spiro atoms. The Bertz CT molecular complexity index is 558. The van der Waals surface area contributed by atoms with Crippen LogP contribution in [-0.4, -0.2) is 25.8 Å². The molecular weight excluding hydrogens is 279 g/mol. The van der Waals surface area contributed by atoms with Gasteiger partial charge in [-0.15, -0.1) is 0 Å². The molecule has 1 rings (SSSR count). The topological polar surface area (TPSA) is 63.4 Å².